The molecule has 2 aromatic carbocycles. The smallest absolute Gasteiger partial charge is 0.317 e. The van der Waals surface area contributed by atoms with Crippen molar-refractivity contribution < 1.29 is 23.5 Å². The number of oxazole rings is 1. The molecule has 0 aliphatic carbocycles. The highest BCUT2D eigenvalue weighted by Crippen LogP contribution is 2.25. The average Bonchev–Trinajstić information content (AvgIpc) is 3.11. The Morgan fingerprint density at radius 2 is 1.93 bits per heavy atom. The van der Waals surface area contributed by atoms with Gasteiger partial charge in [-0.3, -0.25) is 9.59 Å². The second-order valence-corrected chi connectivity index (χ2v) is 6.71. The number of carbonyl (C=O) groups is 2. The minimum absolute atomic E-state index is 0.0139. The quantitative estimate of drug-likeness (QED) is 0.453. The van der Waals surface area contributed by atoms with E-state index in [1.165, 1.54) is 6.92 Å². The highest BCUT2D eigenvalue weighted by atomic mass is 32.2. The molecule has 1 heterocycles. The van der Waals surface area contributed by atoms with Crippen LogP contribution in [0.1, 0.15) is 13.8 Å². The zero-order valence-corrected chi connectivity index (χ0v) is 16.3. The van der Waals surface area contributed by atoms with Crippen molar-refractivity contribution in [3.05, 3.63) is 48.5 Å². The van der Waals surface area contributed by atoms with E-state index in [1.54, 1.807) is 24.3 Å². The summed E-state index contributed by atoms with van der Waals surface area (Å²) < 4.78 is 16.2. The SMILES string of the molecule is CCOc1ccccc1NC(=O)C(C)OC(=O)CSc1nc2ccccc2o1. The molecule has 0 spiro atoms. The van der Waals surface area contributed by atoms with Crippen LogP contribution in [0.2, 0.25) is 0 Å². The van der Waals surface area contributed by atoms with Crippen LogP contribution < -0.4 is 10.1 Å². The van der Waals surface area contributed by atoms with Crippen LogP contribution in [0.4, 0.5) is 5.69 Å². The molecule has 0 bridgehead atoms. The van der Waals surface area contributed by atoms with E-state index in [2.05, 4.69) is 10.3 Å². The zero-order valence-electron chi connectivity index (χ0n) is 15.5. The number of amides is 1. The van der Waals surface area contributed by atoms with Gasteiger partial charge >= 0.3 is 5.97 Å². The van der Waals surface area contributed by atoms with Gasteiger partial charge in [-0.15, -0.1) is 0 Å². The second kappa shape index (κ2) is 9.27. The first-order valence-corrected chi connectivity index (χ1v) is 9.76. The number of anilines is 1. The summed E-state index contributed by atoms with van der Waals surface area (Å²) >= 11 is 1.12. The Hall–Kier alpha value is -3.00. The molecule has 1 unspecified atom stereocenters. The molecule has 28 heavy (non-hydrogen) atoms. The van der Waals surface area contributed by atoms with Crippen LogP contribution in [0, 0.1) is 0 Å². The Morgan fingerprint density at radius 3 is 2.71 bits per heavy atom. The summed E-state index contributed by atoms with van der Waals surface area (Å²) in [7, 11) is 0. The van der Waals surface area contributed by atoms with Crippen molar-refractivity contribution in [2.24, 2.45) is 0 Å². The van der Waals surface area contributed by atoms with Gasteiger partial charge in [-0.1, -0.05) is 36.0 Å². The molecule has 146 valence electrons. The van der Waals surface area contributed by atoms with Crippen LogP contribution in [-0.4, -0.2) is 35.3 Å². The highest BCUT2D eigenvalue weighted by Gasteiger charge is 2.20. The molecule has 0 aliphatic rings. The van der Waals surface area contributed by atoms with Crippen molar-refractivity contribution in [3.63, 3.8) is 0 Å². The van der Waals surface area contributed by atoms with Gasteiger partial charge in [0.15, 0.2) is 11.7 Å². The van der Waals surface area contributed by atoms with E-state index in [4.69, 9.17) is 13.9 Å². The summed E-state index contributed by atoms with van der Waals surface area (Å²) in [5.41, 5.74) is 1.90. The van der Waals surface area contributed by atoms with Gasteiger partial charge in [-0.05, 0) is 38.1 Å². The van der Waals surface area contributed by atoms with Crippen molar-refractivity contribution in [1.29, 1.82) is 0 Å². The predicted molar refractivity (Wildman–Crippen MR) is 107 cm³/mol. The maximum atomic E-state index is 12.3. The zero-order chi connectivity index (χ0) is 19.9. The van der Waals surface area contributed by atoms with Gasteiger partial charge in [0, 0.05) is 0 Å². The third kappa shape index (κ3) is 5.04. The molecule has 3 aromatic rings. The van der Waals surface area contributed by atoms with E-state index < -0.39 is 18.0 Å². The van der Waals surface area contributed by atoms with Crippen molar-refractivity contribution in [1.82, 2.24) is 4.98 Å². The predicted octanol–water partition coefficient (Wildman–Crippen LogP) is 3.89. The first-order valence-electron chi connectivity index (χ1n) is 8.77. The van der Waals surface area contributed by atoms with Crippen molar-refractivity contribution in [3.8, 4) is 5.75 Å². The molecule has 8 heteroatoms. The third-order valence-corrected chi connectivity index (χ3v) is 4.51. The normalized spacial score (nSPS) is 11.8. The lowest BCUT2D eigenvalue weighted by Gasteiger charge is -2.15. The Kier molecular flexibility index (Phi) is 6.54. The number of ether oxygens (including phenoxy) is 2. The summed E-state index contributed by atoms with van der Waals surface area (Å²) in [6.07, 6.45) is -0.952. The molecule has 7 nitrogen and oxygen atoms in total. The summed E-state index contributed by atoms with van der Waals surface area (Å²) in [6.45, 7) is 3.85. The van der Waals surface area contributed by atoms with E-state index in [9.17, 15) is 9.59 Å². The van der Waals surface area contributed by atoms with Crippen LogP contribution >= 0.6 is 11.8 Å². The monoisotopic (exact) mass is 400 g/mol. The molecule has 1 amide bonds. The Balaban J connectivity index is 1.51. The number of hydrogen-bond donors (Lipinski definition) is 1. The van der Waals surface area contributed by atoms with Gasteiger partial charge in [-0.25, -0.2) is 4.98 Å². The van der Waals surface area contributed by atoms with Crippen molar-refractivity contribution >= 4 is 40.4 Å². The van der Waals surface area contributed by atoms with Gasteiger partial charge in [0.25, 0.3) is 11.1 Å². The fourth-order valence-corrected chi connectivity index (χ4v) is 3.02. The van der Waals surface area contributed by atoms with E-state index in [0.29, 0.717) is 28.8 Å². The van der Waals surface area contributed by atoms with Gasteiger partial charge in [0.2, 0.25) is 0 Å². The van der Waals surface area contributed by atoms with Crippen LogP contribution in [0.3, 0.4) is 0 Å². The molecular weight excluding hydrogens is 380 g/mol. The average molecular weight is 400 g/mol. The topological polar surface area (TPSA) is 90.7 Å². The maximum Gasteiger partial charge on any atom is 0.317 e. The van der Waals surface area contributed by atoms with E-state index in [0.717, 1.165) is 17.3 Å². The van der Waals surface area contributed by atoms with Gasteiger partial charge in [0.1, 0.15) is 17.0 Å². The highest BCUT2D eigenvalue weighted by molar-refractivity contribution is 7.99. The number of carbonyl (C=O) groups excluding carboxylic acids is 2. The Morgan fingerprint density at radius 1 is 1.18 bits per heavy atom. The maximum absolute atomic E-state index is 12.3. The van der Waals surface area contributed by atoms with E-state index in [1.807, 2.05) is 31.2 Å². The van der Waals surface area contributed by atoms with Crippen molar-refractivity contribution in [2.75, 3.05) is 17.7 Å². The number of esters is 1. The molecule has 0 radical (unpaired) electrons. The fraction of sp³-hybridized carbons (Fsp3) is 0.250. The van der Waals surface area contributed by atoms with Crippen molar-refractivity contribution in [2.45, 2.75) is 25.2 Å². The number of nitrogens with zero attached hydrogens (tertiary/aromatic N) is 1. The number of rotatable bonds is 8. The molecule has 0 aliphatic heterocycles. The standard InChI is InChI=1S/C20H20N2O5S/c1-3-25-16-10-6-4-8-14(16)21-19(24)13(2)26-18(23)12-28-20-22-15-9-5-7-11-17(15)27-20/h4-11,13H,3,12H2,1-2H3,(H,21,24). The van der Waals surface area contributed by atoms with E-state index in [-0.39, 0.29) is 5.75 Å². The molecule has 1 atom stereocenters. The molecule has 1 N–H and O–H groups in total. The first-order chi connectivity index (χ1) is 13.6. The molecule has 1 aromatic heterocycles. The summed E-state index contributed by atoms with van der Waals surface area (Å²) in [4.78, 5) is 28.6. The minimum Gasteiger partial charge on any atom is -0.492 e. The lowest BCUT2D eigenvalue weighted by molar-refractivity contribution is -0.150. The molecule has 0 saturated carbocycles. The lowest BCUT2D eigenvalue weighted by Crippen LogP contribution is -2.30. The van der Waals surface area contributed by atoms with Crippen LogP contribution in [0.5, 0.6) is 5.75 Å². The van der Waals surface area contributed by atoms with Gasteiger partial charge in [0.05, 0.1) is 12.3 Å². The minimum atomic E-state index is -0.952. The largest absolute Gasteiger partial charge is 0.492 e. The number of fused-ring (bicyclic) bond motifs is 1. The first kappa shape index (κ1) is 19.8. The fourth-order valence-electron chi connectivity index (χ4n) is 2.40. The number of nitrogens with one attached hydrogen (secondary N) is 1. The summed E-state index contributed by atoms with van der Waals surface area (Å²) in [5, 5.41) is 3.09. The Bertz CT molecular complexity index is 939. The van der Waals surface area contributed by atoms with Crippen LogP contribution in [0.25, 0.3) is 11.1 Å². The lowest BCUT2D eigenvalue weighted by atomic mass is 10.2. The van der Waals surface area contributed by atoms with E-state index >= 15 is 0 Å². The number of para-hydroxylation sites is 4. The Labute approximate surface area is 166 Å². The summed E-state index contributed by atoms with van der Waals surface area (Å²) in [6, 6.07) is 14.4. The van der Waals surface area contributed by atoms with Gasteiger partial charge in [-0.2, -0.15) is 0 Å². The number of thioether (sulfide) groups is 1. The van der Waals surface area contributed by atoms with Crippen LogP contribution in [0.15, 0.2) is 58.2 Å². The molecule has 0 fully saturated rings. The molecular formula is C20H20N2O5S. The third-order valence-electron chi connectivity index (χ3n) is 3.71. The molecule has 3 rings (SSSR count). The second-order valence-electron chi connectivity index (χ2n) is 5.79. The number of benzene rings is 2. The number of hydrogen-bond acceptors (Lipinski definition) is 7. The van der Waals surface area contributed by atoms with Crippen LogP contribution in [-0.2, 0) is 14.3 Å². The van der Waals surface area contributed by atoms with Gasteiger partial charge < -0.3 is 19.2 Å². The summed E-state index contributed by atoms with van der Waals surface area (Å²) in [5.74, 6) is -0.427. The molecule has 0 saturated heterocycles. The number of aromatic nitrogens is 1.